The number of carboxylic acid groups (broad SMARTS) is 1. The zero-order valence-corrected chi connectivity index (χ0v) is 17.4. The SMILES string of the molecule is O=C(O)CN1C(=O)/C(=C2\SC(=O)N(CCCCc3ccccc3)C2=O)c2ccccc21. The van der Waals surface area contributed by atoms with E-state index in [4.69, 9.17) is 5.11 Å². The first-order valence-corrected chi connectivity index (χ1v) is 10.7. The fourth-order valence-corrected chi connectivity index (χ4v) is 4.73. The lowest BCUT2D eigenvalue weighted by molar-refractivity contribution is -0.136. The van der Waals surface area contributed by atoms with Gasteiger partial charge in [0.15, 0.2) is 0 Å². The van der Waals surface area contributed by atoms with Crippen LogP contribution in [0.25, 0.3) is 5.57 Å². The lowest BCUT2D eigenvalue weighted by Crippen LogP contribution is -2.33. The first kappa shape index (κ1) is 20.9. The van der Waals surface area contributed by atoms with Crippen molar-refractivity contribution in [2.24, 2.45) is 0 Å². The molecule has 4 rings (SSSR count). The van der Waals surface area contributed by atoms with Crippen molar-refractivity contribution in [1.82, 2.24) is 4.90 Å². The first-order chi connectivity index (χ1) is 15.0. The number of thioether (sulfide) groups is 1. The first-order valence-electron chi connectivity index (χ1n) is 9.92. The molecule has 0 atom stereocenters. The highest BCUT2D eigenvalue weighted by Crippen LogP contribution is 2.44. The summed E-state index contributed by atoms with van der Waals surface area (Å²) in [4.78, 5) is 52.0. The molecule has 0 unspecified atom stereocenters. The molecule has 1 N–H and O–H groups in total. The Morgan fingerprint density at radius 2 is 1.58 bits per heavy atom. The minimum Gasteiger partial charge on any atom is -0.480 e. The van der Waals surface area contributed by atoms with Gasteiger partial charge in [-0.25, -0.2) is 0 Å². The predicted octanol–water partition coefficient (Wildman–Crippen LogP) is 3.55. The second kappa shape index (κ2) is 8.77. The molecule has 0 radical (unpaired) electrons. The number of aryl methyl sites for hydroxylation is 1. The van der Waals surface area contributed by atoms with Crippen LogP contribution in [-0.4, -0.2) is 46.1 Å². The molecule has 2 aromatic carbocycles. The number of anilines is 1. The second-order valence-corrected chi connectivity index (χ2v) is 8.24. The summed E-state index contributed by atoms with van der Waals surface area (Å²) in [5.74, 6) is -2.22. The van der Waals surface area contributed by atoms with Crippen molar-refractivity contribution in [2.45, 2.75) is 19.3 Å². The average molecular weight is 436 g/mol. The molecule has 0 aromatic heterocycles. The van der Waals surface area contributed by atoms with Crippen LogP contribution in [0.15, 0.2) is 59.5 Å². The minimum atomic E-state index is -1.16. The van der Waals surface area contributed by atoms with Gasteiger partial charge in [0.2, 0.25) is 0 Å². The van der Waals surface area contributed by atoms with E-state index in [9.17, 15) is 19.2 Å². The molecule has 1 saturated heterocycles. The van der Waals surface area contributed by atoms with Crippen LogP contribution < -0.4 is 4.90 Å². The fraction of sp³-hybridized carbons (Fsp3) is 0.217. The molecule has 2 heterocycles. The summed E-state index contributed by atoms with van der Waals surface area (Å²) in [6.45, 7) is -0.231. The van der Waals surface area contributed by atoms with Crippen LogP contribution in [0.3, 0.4) is 0 Å². The summed E-state index contributed by atoms with van der Waals surface area (Å²) >= 11 is 0.744. The topological polar surface area (TPSA) is 95.0 Å². The molecule has 0 bridgehead atoms. The summed E-state index contributed by atoms with van der Waals surface area (Å²) in [5.41, 5.74) is 2.21. The molecule has 2 aliphatic rings. The molecule has 2 aromatic rings. The van der Waals surface area contributed by atoms with Crippen molar-refractivity contribution in [3.63, 3.8) is 0 Å². The molecule has 0 saturated carbocycles. The van der Waals surface area contributed by atoms with E-state index in [1.807, 2.05) is 30.3 Å². The van der Waals surface area contributed by atoms with E-state index in [2.05, 4.69) is 0 Å². The van der Waals surface area contributed by atoms with Crippen LogP contribution in [0.4, 0.5) is 10.5 Å². The zero-order chi connectivity index (χ0) is 22.0. The number of fused-ring (bicyclic) bond motifs is 1. The van der Waals surface area contributed by atoms with Crippen LogP contribution in [0, 0.1) is 0 Å². The van der Waals surface area contributed by atoms with Gasteiger partial charge >= 0.3 is 5.97 Å². The van der Waals surface area contributed by atoms with E-state index in [0.29, 0.717) is 17.7 Å². The maximum absolute atomic E-state index is 13.0. The number of carboxylic acids is 1. The maximum atomic E-state index is 13.0. The Hall–Kier alpha value is -3.39. The standard InChI is InChI=1S/C23H20N2O5S/c26-18(27)14-25-17-12-5-4-11-16(17)19(21(25)28)20-22(29)24(23(30)31-20)13-7-6-10-15-8-2-1-3-9-15/h1-5,8-9,11-12H,6-7,10,13-14H2,(H,26,27)/b20-19-. The number of hydrogen-bond donors (Lipinski definition) is 1. The van der Waals surface area contributed by atoms with Crippen LogP contribution >= 0.6 is 11.8 Å². The maximum Gasteiger partial charge on any atom is 0.323 e. The molecule has 31 heavy (non-hydrogen) atoms. The lowest BCUT2D eigenvalue weighted by atomic mass is 10.1. The average Bonchev–Trinajstić information content (AvgIpc) is 3.19. The van der Waals surface area contributed by atoms with Gasteiger partial charge in [0, 0.05) is 12.1 Å². The number of nitrogens with zero attached hydrogens (tertiary/aromatic N) is 2. The summed E-state index contributed by atoms with van der Waals surface area (Å²) in [5, 5.41) is 8.76. The Labute approximate surface area is 183 Å². The largest absolute Gasteiger partial charge is 0.480 e. The molecular formula is C23H20N2O5S. The predicted molar refractivity (Wildman–Crippen MR) is 117 cm³/mol. The summed E-state index contributed by atoms with van der Waals surface area (Å²) in [6, 6.07) is 16.7. The van der Waals surface area contributed by atoms with Gasteiger partial charge in [-0.2, -0.15) is 0 Å². The number of amides is 3. The van der Waals surface area contributed by atoms with E-state index in [1.54, 1.807) is 24.3 Å². The van der Waals surface area contributed by atoms with Crippen molar-refractivity contribution >= 4 is 46.0 Å². The smallest absolute Gasteiger partial charge is 0.323 e. The third kappa shape index (κ3) is 4.11. The van der Waals surface area contributed by atoms with Gasteiger partial charge in [0.05, 0.1) is 16.2 Å². The number of rotatable bonds is 7. The molecule has 7 nitrogen and oxygen atoms in total. The number of carbonyl (C=O) groups excluding carboxylic acids is 3. The lowest BCUT2D eigenvalue weighted by Gasteiger charge is -2.14. The van der Waals surface area contributed by atoms with Crippen molar-refractivity contribution in [3.05, 3.63) is 70.6 Å². The van der Waals surface area contributed by atoms with E-state index in [-0.39, 0.29) is 17.0 Å². The molecule has 0 spiro atoms. The van der Waals surface area contributed by atoms with E-state index in [1.165, 1.54) is 10.5 Å². The van der Waals surface area contributed by atoms with Crippen molar-refractivity contribution in [2.75, 3.05) is 18.0 Å². The minimum absolute atomic E-state index is 0.0680. The van der Waals surface area contributed by atoms with Gasteiger partial charge < -0.3 is 5.11 Å². The summed E-state index contributed by atoms with van der Waals surface area (Å²) in [6.07, 6.45) is 2.34. The highest BCUT2D eigenvalue weighted by Gasteiger charge is 2.43. The summed E-state index contributed by atoms with van der Waals surface area (Å²) < 4.78 is 0. The quantitative estimate of drug-likeness (QED) is 0.527. The molecule has 158 valence electrons. The third-order valence-corrected chi connectivity index (χ3v) is 6.21. The van der Waals surface area contributed by atoms with E-state index in [0.717, 1.165) is 29.5 Å². The normalized spacial score (nSPS) is 18.1. The van der Waals surface area contributed by atoms with E-state index >= 15 is 0 Å². The summed E-state index contributed by atoms with van der Waals surface area (Å²) in [7, 11) is 0. The van der Waals surface area contributed by atoms with Crippen molar-refractivity contribution in [1.29, 1.82) is 0 Å². The second-order valence-electron chi connectivity index (χ2n) is 7.27. The zero-order valence-electron chi connectivity index (χ0n) is 16.6. The van der Waals surface area contributed by atoms with Gasteiger partial charge in [-0.3, -0.25) is 29.0 Å². The van der Waals surface area contributed by atoms with Crippen LogP contribution in [-0.2, 0) is 20.8 Å². The monoisotopic (exact) mass is 436 g/mol. The van der Waals surface area contributed by atoms with Gasteiger partial charge in [-0.15, -0.1) is 0 Å². The molecule has 1 fully saturated rings. The highest BCUT2D eigenvalue weighted by atomic mass is 32.2. The number of carbonyl (C=O) groups is 4. The molecule has 0 aliphatic carbocycles. The van der Waals surface area contributed by atoms with Crippen molar-refractivity contribution < 1.29 is 24.3 Å². The molecule has 2 aliphatic heterocycles. The molecule has 8 heteroatoms. The Morgan fingerprint density at radius 1 is 0.871 bits per heavy atom. The highest BCUT2D eigenvalue weighted by molar-refractivity contribution is 8.18. The van der Waals surface area contributed by atoms with Crippen molar-refractivity contribution in [3.8, 4) is 0 Å². The van der Waals surface area contributed by atoms with Gasteiger partial charge in [0.25, 0.3) is 17.1 Å². The number of benzene rings is 2. The van der Waals surface area contributed by atoms with Gasteiger partial charge in [-0.1, -0.05) is 48.5 Å². The number of para-hydroxylation sites is 1. The van der Waals surface area contributed by atoms with Crippen LogP contribution in [0.5, 0.6) is 0 Å². The Bertz CT molecular complexity index is 1100. The Kier molecular flexibility index (Phi) is 5.90. The number of aliphatic carboxylic acids is 1. The molecule has 3 amide bonds. The van der Waals surface area contributed by atoms with E-state index < -0.39 is 29.6 Å². The van der Waals surface area contributed by atoms with Crippen LogP contribution in [0.1, 0.15) is 24.0 Å². The molecular weight excluding hydrogens is 416 g/mol. The number of hydrogen-bond acceptors (Lipinski definition) is 5. The third-order valence-electron chi connectivity index (χ3n) is 5.23. The Morgan fingerprint density at radius 3 is 2.32 bits per heavy atom. The van der Waals surface area contributed by atoms with Gasteiger partial charge in [-0.05, 0) is 42.7 Å². The van der Waals surface area contributed by atoms with Crippen LogP contribution in [0.2, 0.25) is 0 Å². The Balaban J connectivity index is 1.52. The fourth-order valence-electron chi connectivity index (χ4n) is 3.78. The number of unbranched alkanes of at least 4 members (excludes halogenated alkanes) is 1. The number of imide groups is 1. The van der Waals surface area contributed by atoms with Gasteiger partial charge in [0.1, 0.15) is 6.54 Å².